The summed E-state index contributed by atoms with van der Waals surface area (Å²) in [6.45, 7) is 4.30. The highest BCUT2D eigenvalue weighted by Crippen LogP contribution is 2.30. The summed E-state index contributed by atoms with van der Waals surface area (Å²) in [6.07, 6.45) is 2.11. The molecule has 0 aliphatic heterocycles. The summed E-state index contributed by atoms with van der Waals surface area (Å²) in [7, 11) is 0. The van der Waals surface area contributed by atoms with Crippen molar-refractivity contribution >= 4 is 43.5 Å². The smallest absolute Gasteiger partial charge is 0.0573 e. The minimum atomic E-state index is -0.00702. The van der Waals surface area contributed by atoms with Crippen molar-refractivity contribution in [1.82, 2.24) is 0 Å². The summed E-state index contributed by atoms with van der Waals surface area (Å²) in [5, 5.41) is 0.770. The Hall–Kier alpha value is 0.210. The Kier molecular flexibility index (Phi) is 4.23. The molecule has 0 radical (unpaired) electrons. The monoisotopic (exact) mass is 336 g/mol. The minimum absolute atomic E-state index is 0.00702. The van der Waals surface area contributed by atoms with E-state index >= 15 is 0 Å². The third-order valence-corrected chi connectivity index (χ3v) is 2.77. The van der Waals surface area contributed by atoms with Crippen molar-refractivity contribution in [3.8, 4) is 0 Å². The number of halogens is 3. The van der Waals surface area contributed by atoms with Crippen molar-refractivity contribution in [3.63, 3.8) is 0 Å². The van der Waals surface area contributed by atoms with Gasteiger partial charge in [0.15, 0.2) is 0 Å². The van der Waals surface area contributed by atoms with Crippen LogP contribution in [0.1, 0.15) is 19.4 Å². The van der Waals surface area contributed by atoms with Crippen LogP contribution in [0.25, 0.3) is 0 Å². The molecule has 0 N–H and O–H groups in total. The summed E-state index contributed by atoms with van der Waals surface area (Å²) in [6, 6.07) is 7.91. The molecule has 0 nitrogen and oxygen atoms in total. The van der Waals surface area contributed by atoms with E-state index in [2.05, 4.69) is 51.8 Å². The third kappa shape index (κ3) is 3.41. The molecule has 0 fully saturated rings. The first-order valence-electron chi connectivity index (χ1n) is 4.22. The van der Waals surface area contributed by atoms with E-state index < -0.39 is 0 Å². The van der Waals surface area contributed by atoms with Gasteiger partial charge in [0.2, 0.25) is 0 Å². The van der Waals surface area contributed by atoms with Crippen molar-refractivity contribution in [3.05, 3.63) is 44.3 Å². The van der Waals surface area contributed by atoms with Crippen LogP contribution in [-0.4, -0.2) is 0 Å². The molecule has 0 bridgehead atoms. The van der Waals surface area contributed by atoms with Gasteiger partial charge < -0.3 is 0 Å². The molecule has 0 unspecified atom stereocenters. The Morgan fingerprint density at radius 2 is 1.71 bits per heavy atom. The van der Waals surface area contributed by atoms with Crippen molar-refractivity contribution in [2.75, 3.05) is 0 Å². The fourth-order valence-corrected chi connectivity index (χ4v) is 2.51. The van der Waals surface area contributed by atoms with Crippen molar-refractivity contribution in [2.24, 2.45) is 0 Å². The van der Waals surface area contributed by atoms with Crippen LogP contribution in [0.15, 0.2) is 33.7 Å². The predicted octanol–water partition coefficient (Wildman–Crippen LogP) is 5.25. The van der Waals surface area contributed by atoms with Gasteiger partial charge in [0, 0.05) is 10.4 Å². The molecule has 0 atom stereocenters. The average Bonchev–Trinajstić information content (AvgIpc) is 2.02. The maximum absolute atomic E-state index is 5.83. The lowest BCUT2D eigenvalue weighted by Gasteiger charge is -2.21. The van der Waals surface area contributed by atoms with Crippen LogP contribution in [0, 0.1) is 0 Å². The lowest BCUT2D eigenvalue weighted by molar-refractivity contribution is 0.671. The number of allylic oxidation sites excluding steroid dienone is 1. The van der Waals surface area contributed by atoms with Crippen LogP contribution in [0.2, 0.25) is 5.02 Å². The predicted molar refractivity (Wildman–Crippen MR) is 70.4 cm³/mol. The van der Waals surface area contributed by atoms with Crippen LogP contribution >= 0.6 is 43.5 Å². The second-order valence-electron chi connectivity index (χ2n) is 3.66. The summed E-state index contributed by atoms with van der Waals surface area (Å²) < 4.78 is 0.963. The third-order valence-electron chi connectivity index (χ3n) is 2.06. The van der Waals surface area contributed by atoms with Crippen molar-refractivity contribution in [2.45, 2.75) is 19.3 Å². The highest BCUT2D eigenvalue weighted by molar-refractivity contribution is 9.28. The molecular weight excluding hydrogens is 327 g/mol. The molecule has 1 aromatic carbocycles. The molecular formula is C11H11Br2Cl. The highest BCUT2D eigenvalue weighted by Gasteiger charge is 2.17. The van der Waals surface area contributed by atoms with Gasteiger partial charge in [0.05, 0.1) is 3.39 Å². The fraction of sp³-hybridized carbons (Fsp3) is 0.273. The molecule has 0 saturated heterocycles. The van der Waals surface area contributed by atoms with Crippen LogP contribution in [-0.2, 0) is 5.41 Å². The van der Waals surface area contributed by atoms with Gasteiger partial charge in [-0.1, -0.05) is 43.7 Å². The summed E-state index contributed by atoms with van der Waals surface area (Å²) in [5.74, 6) is 0. The molecule has 1 rings (SSSR count). The number of hydrogen-bond donors (Lipinski definition) is 0. The second kappa shape index (κ2) is 4.82. The fourth-order valence-electron chi connectivity index (χ4n) is 1.24. The van der Waals surface area contributed by atoms with Crippen LogP contribution in [0.3, 0.4) is 0 Å². The molecule has 76 valence electrons. The van der Waals surface area contributed by atoms with Gasteiger partial charge >= 0.3 is 0 Å². The SMILES string of the molecule is CC(C)(C=C(Br)Br)c1ccc(Cl)cc1. The number of benzene rings is 1. The van der Waals surface area contributed by atoms with Gasteiger partial charge in [0.25, 0.3) is 0 Å². The van der Waals surface area contributed by atoms with E-state index in [-0.39, 0.29) is 5.41 Å². The molecule has 0 aromatic heterocycles. The quantitative estimate of drug-likeness (QED) is 0.691. The second-order valence-corrected chi connectivity index (χ2v) is 6.87. The minimum Gasteiger partial charge on any atom is -0.0843 e. The summed E-state index contributed by atoms with van der Waals surface area (Å²) >= 11 is 12.6. The molecule has 14 heavy (non-hydrogen) atoms. The first kappa shape index (κ1) is 12.3. The molecule has 0 amide bonds. The Bertz CT molecular complexity index is 335. The van der Waals surface area contributed by atoms with E-state index in [1.54, 1.807) is 0 Å². The van der Waals surface area contributed by atoms with Gasteiger partial charge in [0.1, 0.15) is 0 Å². The zero-order valence-electron chi connectivity index (χ0n) is 8.02. The van der Waals surface area contributed by atoms with Gasteiger partial charge in [-0.2, -0.15) is 0 Å². The van der Waals surface area contributed by atoms with Crippen molar-refractivity contribution < 1.29 is 0 Å². The largest absolute Gasteiger partial charge is 0.0843 e. The van der Waals surface area contributed by atoms with Gasteiger partial charge in [-0.15, -0.1) is 0 Å². The van der Waals surface area contributed by atoms with E-state index in [1.165, 1.54) is 5.56 Å². The number of hydrogen-bond acceptors (Lipinski definition) is 0. The van der Waals surface area contributed by atoms with Gasteiger partial charge in [-0.25, -0.2) is 0 Å². The maximum Gasteiger partial charge on any atom is 0.0573 e. The van der Waals surface area contributed by atoms with Gasteiger partial charge in [-0.05, 0) is 49.6 Å². The van der Waals surface area contributed by atoms with Crippen LogP contribution in [0.4, 0.5) is 0 Å². The molecule has 0 aliphatic carbocycles. The molecule has 0 spiro atoms. The lowest BCUT2D eigenvalue weighted by atomic mass is 9.85. The average molecular weight is 338 g/mol. The molecule has 3 heteroatoms. The Labute approximate surface area is 107 Å². The van der Waals surface area contributed by atoms with E-state index in [0.29, 0.717) is 0 Å². The van der Waals surface area contributed by atoms with Crippen LogP contribution < -0.4 is 0 Å². The molecule has 0 saturated carbocycles. The Balaban J connectivity index is 3.04. The zero-order chi connectivity index (χ0) is 10.8. The van der Waals surface area contributed by atoms with Crippen molar-refractivity contribution in [1.29, 1.82) is 0 Å². The summed E-state index contributed by atoms with van der Waals surface area (Å²) in [5.41, 5.74) is 1.23. The first-order valence-corrected chi connectivity index (χ1v) is 6.18. The van der Waals surface area contributed by atoms with E-state index in [1.807, 2.05) is 24.3 Å². The summed E-state index contributed by atoms with van der Waals surface area (Å²) in [4.78, 5) is 0. The first-order chi connectivity index (χ1) is 6.42. The molecule has 1 aromatic rings. The standard InChI is InChI=1S/C11H11Br2Cl/c1-11(2,7-10(12)13)8-3-5-9(14)6-4-8/h3-7H,1-2H3. The van der Waals surface area contributed by atoms with E-state index in [4.69, 9.17) is 11.6 Å². The highest BCUT2D eigenvalue weighted by atomic mass is 79.9. The lowest BCUT2D eigenvalue weighted by Crippen LogP contribution is -2.13. The topological polar surface area (TPSA) is 0 Å². The Morgan fingerprint density at radius 1 is 1.21 bits per heavy atom. The van der Waals surface area contributed by atoms with E-state index in [9.17, 15) is 0 Å². The molecule has 0 heterocycles. The van der Waals surface area contributed by atoms with Crippen LogP contribution in [0.5, 0.6) is 0 Å². The Morgan fingerprint density at radius 3 is 2.14 bits per heavy atom. The van der Waals surface area contributed by atoms with E-state index in [0.717, 1.165) is 8.41 Å². The zero-order valence-corrected chi connectivity index (χ0v) is 11.9. The molecule has 0 aliphatic rings. The van der Waals surface area contributed by atoms with Gasteiger partial charge in [-0.3, -0.25) is 0 Å². The number of rotatable bonds is 2. The maximum atomic E-state index is 5.83. The normalized spacial score (nSPS) is 11.2.